The Kier molecular flexibility index (Phi) is 4.53. The van der Waals surface area contributed by atoms with E-state index in [1.165, 1.54) is 5.56 Å². The maximum Gasteiger partial charge on any atom is 0.183 e. The SMILES string of the molecule is CC(C)(O)c1ccc(CCO[Si](C)(C)C)cc1. The molecule has 17 heavy (non-hydrogen) atoms. The lowest BCUT2D eigenvalue weighted by atomic mass is 9.97. The minimum Gasteiger partial charge on any atom is -0.417 e. The molecule has 0 fully saturated rings. The Bertz CT molecular complexity index is 344. The molecule has 1 N–H and O–H groups in total. The van der Waals surface area contributed by atoms with Gasteiger partial charge in [0.1, 0.15) is 0 Å². The minimum absolute atomic E-state index is 0.757. The van der Waals surface area contributed by atoms with Crippen LogP contribution in [0.25, 0.3) is 0 Å². The van der Waals surface area contributed by atoms with Crippen molar-refractivity contribution in [2.45, 2.75) is 45.5 Å². The Morgan fingerprint density at radius 2 is 1.65 bits per heavy atom. The molecule has 2 nitrogen and oxygen atoms in total. The van der Waals surface area contributed by atoms with Crippen molar-refractivity contribution in [2.75, 3.05) is 6.61 Å². The minimum atomic E-state index is -1.39. The van der Waals surface area contributed by atoms with Crippen molar-refractivity contribution in [2.24, 2.45) is 0 Å². The van der Waals surface area contributed by atoms with E-state index in [1.54, 1.807) is 13.8 Å². The molecule has 0 atom stereocenters. The van der Waals surface area contributed by atoms with Gasteiger partial charge in [0.25, 0.3) is 0 Å². The monoisotopic (exact) mass is 252 g/mol. The Morgan fingerprint density at radius 1 is 1.12 bits per heavy atom. The van der Waals surface area contributed by atoms with Crippen molar-refractivity contribution in [3.05, 3.63) is 35.4 Å². The second-order valence-corrected chi connectivity index (χ2v) is 10.5. The first-order valence-corrected chi connectivity index (χ1v) is 9.55. The van der Waals surface area contributed by atoms with E-state index in [0.29, 0.717) is 0 Å². The van der Waals surface area contributed by atoms with E-state index in [0.717, 1.165) is 18.6 Å². The first kappa shape index (κ1) is 14.4. The molecule has 0 saturated carbocycles. The fourth-order valence-electron chi connectivity index (χ4n) is 1.55. The predicted octanol–water partition coefficient (Wildman–Crippen LogP) is 3.31. The highest BCUT2D eigenvalue weighted by atomic mass is 28.4. The van der Waals surface area contributed by atoms with Gasteiger partial charge in [-0.2, -0.15) is 0 Å². The van der Waals surface area contributed by atoms with E-state index in [1.807, 2.05) is 12.1 Å². The van der Waals surface area contributed by atoms with Gasteiger partial charge in [0.15, 0.2) is 8.32 Å². The first-order valence-electron chi connectivity index (χ1n) is 6.14. The number of aliphatic hydroxyl groups is 1. The van der Waals surface area contributed by atoms with E-state index in [9.17, 15) is 5.11 Å². The molecular weight excluding hydrogens is 228 g/mol. The van der Waals surface area contributed by atoms with Crippen LogP contribution in [0.15, 0.2) is 24.3 Å². The Morgan fingerprint density at radius 3 is 2.06 bits per heavy atom. The average molecular weight is 252 g/mol. The molecule has 0 heterocycles. The van der Waals surface area contributed by atoms with Crippen LogP contribution in [0.4, 0.5) is 0 Å². The summed E-state index contributed by atoms with van der Waals surface area (Å²) in [7, 11) is -1.39. The van der Waals surface area contributed by atoms with E-state index < -0.39 is 13.9 Å². The van der Waals surface area contributed by atoms with Crippen LogP contribution in [0, 0.1) is 0 Å². The van der Waals surface area contributed by atoms with Crippen LogP contribution in [-0.2, 0) is 16.4 Å². The van der Waals surface area contributed by atoms with Crippen LogP contribution in [-0.4, -0.2) is 20.0 Å². The molecular formula is C14H24O2Si. The van der Waals surface area contributed by atoms with Gasteiger partial charge >= 0.3 is 0 Å². The van der Waals surface area contributed by atoms with Gasteiger partial charge < -0.3 is 9.53 Å². The third-order valence-electron chi connectivity index (χ3n) is 2.59. The Balaban J connectivity index is 2.52. The molecule has 0 aliphatic carbocycles. The fourth-order valence-corrected chi connectivity index (χ4v) is 2.27. The second kappa shape index (κ2) is 5.34. The molecule has 0 unspecified atom stereocenters. The third kappa shape index (κ3) is 5.48. The lowest BCUT2D eigenvalue weighted by molar-refractivity contribution is 0.0786. The summed E-state index contributed by atoms with van der Waals surface area (Å²) in [6.07, 6.45) is 0.941. The summed E-state index contributed by atoms with van der Waals surface area (Å²) in [5.41, 5.74) is 1.46. The predicted molar refractivity (Wildman–Crippen MR) is 74.7 cm³/mol. The fraction of sp³-hybridized carbons (Fsp3) is 0.571. The van der Waals surface area contributed by atoms with Gasteiger partial charge in [-0.1, -0.05) is 24.3 Å². The first-order chi connectivity index (χ1) is 7.68. The molecule has 0 saturated heterocycles. The summed E-state index contributed by atoms with van der Waals surface area (Å²) in [6, 6.07) is 8.12. The third-order valence-corrected chi connectivity index (χ3v) is 3.66. The molecule has 1 rings (SSSR count). The molecule has 1 aromatic rings. The molecule has 0 aliphatic heterocycles. The maximum atomic E-state index is 9.84. The van der Waals surface area contributed by atoms with E-state index >= 15 is 0 Å². The van der Waals surface area contributed by atoms with Crippen molar-refractivity contribution in [3.8, 4) is 0 Å². The highest BCUT2D eigenvalue weighted by molar-refractivity contribution is 6.69. The standard InChI is InChI=1S/C14H24O2Si/c1-14(2,15)13-8-6-12(7-9-13)10-11-16-17(3,4)5/h6-9,15H,10-11H2,1-5H3. The molecule has 0 radical (unpaired) electrons. The lowest BCUT2D eigenvalue weighted by Gasteiger charge is -2.19. The van der Waals surface area contributed by atoms with Crippen LogP contribution in [0.1, 0.15) is 25.0 Å². The van der Waals surface area contributed by atoms with Crippen molar-refractivity contribution in [1.82, 2.24) is 0 Å². The van der Waals surface area contributed by atoms with Crippen LogP contribution in [0.2, 0.25) is 19.6 Å². The van der Waals surface area contributed by atoms with E-state index in [4.69, 9.17) is 4.43 Å². The summed E-state index contributed by atoms with van der Waals surface area (Å²) in [5, 5.41) is 9.84. The summed E-state index contributed by atoms with van der Waals surface area (Å²) in [5.74, 6) is 0. The van der Waals surface area contributed by atoms with Gasteiger partial charge in [0.2, 0.25) is 0 Å². The normalized spacial score (nSPS) is 12.8. The average Bonchev–Trinajstić information content (AvgIpc) is 2.15. The zero-order chi connectivity index (χ0) is 13.1. The summed E-state index contributed by atoms with van der Waals surface area (Å²) >= 11 is 0. The van der Waals surface area contributed by atoms with Gasteiger partial charge in [0.05, 0.1) is 5.60 Å². The second-order valence-electron chi connectivity index (χ2n) is 5.97. The zero-order valence-electron chi connectivity index (χ0n) is 11.6. The smallest absolute Gasteiger partial charge is 0.183 e. The van der Waals surface area contributed by atoms with Gasteiger partial charge in [-0.3, -0.25) is 0 Å². The molecule has 96 valence electrons. The van der Waals surface area contributed by atoms with Crippen LogP contribution < -0.4 is 0 Å². The zero-order valence-corrected chi connectivity index (χ0v) is 12.6. The van der Waals surface area contributed by atoms with Crippen molar-refractivity contribution >= 4 is 8.32 Å². The molecule has 3 heteroatoms. The lowest BCUT2D eigenvalue weighted by Crippen LogP contribution is -2.26. The molecule has 0 aliphatic rings. The molecule has 0 spiro atoms. The van der Waals surface area contributed by atoms with Gasteiger partial charge in [-0.15, -0.1) is 0 Å². The van der Waals surface area contributed by atoms with E-state index in [-0.39, 0.29) is 0 Å². The quantitative estimate of drug-likeness (QED) is 0.815. The number of benzene rings is 1. The summed E-state index contributed by atoms with van der Waals surface area (Å²) in [6.45, 7) is 11.0. The van der Waals surface area contributed by atoms with Crippen molar-refractivity contribution in [3.63, 3.8) is 0 Å². The number of hydrogen-bond acceptors (Lipinski definition) is 2. The van der Waals surface area contributed by atoms with Crippen LogP contribution in [0.3, 0.4) is 0 Å². The highest BCUT2D eigenvalue weighted by Crippen LogP contribution is 2.19. The van der Waals surface area contributed by atoms with Crippen molar-refractivity contribution in [1.29, 1.82) is 0 Å². The summed E-state index contributed by atoms with van der Waals surface area (Å²) in [4.78, 5) is 0. The number of hydrogen-bond donors (Lipinski definition) is 1. The summed E-state index contributed by atoms with van der Waals surface area (Å²) < 4.78 is 5.82. The maximum absolute atomic E-state index is 9.84. The highest BCUT2D eigenvalue weighted by Gasteiger charge is 2.15. The topological polar surface area (TPSA) is 29.5 Å². The molecule has 0 aromatic heterocycles. The van der Waals surface area contributed by atoms with Crippen LogP contribution in [0.5, 0.6) is 0 Å². The van der Waals surface area contributed by atoms with Crippen molar-refractivity contribution < 1.29 is 9.53 Å². The largest absolute Gasteiger partial charge is 0.417 e. The Hall–Kier alpha value is -0.643. The molecule has 1 aromatic carbocycles. The number of rotatable bonds is 5. The van der Waals surface area contributed by atoms with Gasteiger partial charge in [0, 0.05) is 6.61 Å². The molecule has 0 bridgehead atoms. The van der Waals surface area contributed by atoms with E-state index in [2.05, 4.69) is 31.8 Å². The van der Waals surface area contributed by atoms with Gasteiger partial charge in [-0.05, 0) is 51.0 Å². The van der Waals surface area contributed by atoms with Crippen LogP contribution >= 0.6 is 0 Å². The molecule has 0 amide bonds. The van der Waals surface area contributed by atoms with Gasteiger partial charge in [-0.25, -0.2) is 0 Å². The Labute approximate surface area is 106 Å².